The summed E-state index contributed by atoms with van der Waals surface area (Å²) < 4.78 is 0. The molecule has 3 nitrogen and oxygen atoms in total. The lowest BCUT2D eigenvalue weighted by Gasteiger charge is -2.33. The number of carbonyl (C=O) groups excluding carboxylic acids is 1. The zero-order valence-electron chi connectivity index (χ0n) is 10.9. The lowest BCUT2D eigenvalue weighted by molar-refractivity contribution is -0.128. The van der Waals surface area contributed by atoms with Gasteiger partial charge < -0.3 is 4.90 Å². The fourth-order valence-corrected chi connectivity index (χ4v) is 3.16. The molecule has 3 rings (SSSR count). The Labute approximate surface area is 108 Å². The maximum absolute atomic E-state index is 11.4. The number of carbonyl (C=O) groups is 1. The molecule has 2 heterocycles. The van der Waals surface area contributed by atoms with Gasteiger partial charge in [0.2, 0.25) is 5.91 Å². The van der Waals surface area contributed by atoms with Crippen molar-refractivity contribution in [1.29, 1.82) is 0 Å². The van der Waals surface area contributed by atoms with Crippen LogP contribution in [0.5, 0.6) is 0 Å². The predicted octanol–water partition coefficient (Wildman–Crippen LogP) is 1.67. The first-order valence-electron chi connectivity index (χ1n) is 6.80. The molecule has 0 bridgehead atoms. The first kappa shape index (κ1) is 11.7. The van der Waals surface area contributed by atoms with Crippen LogP contribution in [0.25, 0.3) is 0 Å². The summed E-state index contributed by atoms with van der Waals surface area (Å²) in [7, 11) is 0. The molecule has 2 aliphatic rings. The van der Waals surface area contributed by atoms with E-state index in [9.17, 15) is 4.79 Å². The SMILES string of the molecule is CC(=O)N1CCC(N2CCc3ccccc3C2)C1. The Hall–Kier alpha value is -1.35. The number of amides is 1. The number of hydrogen-bond donors (Lipinski definition) is 0. The van der Waals surface area contributed by atoms with Crippen LogP contribution in [0.15, 0.2) is 24.3 Å². The van der Waals surface area contributed by atoms with Gasteiger partial charge in [-0.2, -0.15) is 0 Å². The molecule has 1 aromatic carbocycles. The zero-order chi connectivity index (χ0) is 12.5. The molecule has 0 spiro atoms. The van der Waals surface area contributed by atoms with Gasteiger partial charge in [-0.15, -0.1) is 0 Å². The molecule has 3 heteroatoms. The highest BCUT2D eigenvalue weighted by Gasteiger charge is 2.30. The van der Waals surface area contributed by atoms with Gasteiger partial charge in [-0.1, -0.05) is 24.3 Å². The van der Waals surface area contributed by atoms with Crippen molar-refractivity contribution in [2.45, 2.75) is 32.4 Å². The van der Waals surface area contributed by atoms with Crippen molar-refractivity contribution in [3.8, 4) is 0 Å². The predicted molar refractivity (Wildman–Crippen MR) is 71.2 cm³/mol. The quantitative estimate of drug-likeness (QED) is 0.750. The third kappa shape index (κ3) is 2.15. The Morgan fingerprint density at radius 3 is 2.72 bits per heavy atom. The maximum atomic E-state index is 11.4. The lowest BCUT2D eigenvalue weighted by atomic mass is 9.98. The highest BCUT2D eigenvalue weighted by Crippen LogP contribution is 2.24. The minimum Gasteiger partial charge on any atom is -0.341 e. The Morgan fingerprint density at radius 2 is 2.00 bits per heavy atom. The Balaban J connectivity index is 1.68. The van der Waals surface area contributed by atoms with Crippen LogP contribution < -0.4 is 0 Å². The van der Waals surface area contributed by atoms with Crippen molar-refractivity contribution in [2.24, 2.45) is 0 Å². The first-order chi connectivity index (χ1) is 8.74. The summed E-state index contributed by atoms with van der Waals surface area (Å²) in [5, 5.41) is 0. The van der Waals surface area contributed by atoms with Crippen LogP contribution >= 0.6 is 0 Å². The van der Waals surface area contributed by atoms with E-state index < -0.39 is 0 Å². The van der Waals surface area contributed by atoms with Crippen molar-refractivity contribution in [2.75, 3.05) is 19.6 Å². The number of benzene rings is 1. The van der Waals surface area contributed by atoms with Gasteiger partial charge in [-0.25, -0.2) is 0 Å². The van der Waals surface area contributed by atoms with Crippen molar-refractivity contribution in [3.63, 3.8) is 0 Å². The topological polar surface area (TPSA) is 23.6 Å². The molecule has 18 heavy (non-hydrogen) atoms. The van der Waals surface area contributed by atoms with Crippen LogP contribution in [0.2, 0.25) is 0 Å². The maximum Gasteiger partial charge on any atom is 0.219 e. The number of rotatable bonds is 1. The molecular weight excluding hydrogens is 224 g/mol. The second kappa shape index (κ2) is 4.73. The van der Waals surface area contributed by atoms with Crippen molar-refractivity contribution in [3.05, 3.63) is 35.4 Å². The molecule has 0 saturated carbocycles. The molecule has 0 aromatic heterocycles. The zero-order valence-corrected chi connectivity index (χ0v) is 10.9. The van der Waals surface area contributed by atoms with Crippen LogP contribution in [0, 0.1) is 0 Å². The van der Waals surface area contributed by atoms with Crippen LogP contribution in [0.1, 0.15) is 24.5 Å². The van der Waals surface area contributed by atoms with Gasteiger partial charge in [-0.05, 0) is 24.0 Å². The normalized spacial score (nSPS) is 24.1. The standard InChI is InChI=1S/C15H20N2O/c1-12(18)16-9-7-15(11-16)17-8-6-13-4-2-3-5-14(13)10-17/h2-5,15H,6-11H2,1H3. The number of nitrogens with zero attached hydrogens (tertiary/aromatic N) is 2. The van der Waals surface area contributed by atoms with Crippen molar-refractivity contribution >= 4 is 5.91 Å². The van der Waals surface area contributed by atoms with Crippen LogP contribution in [-0.4, -0.2) is 41.4 Å². The Bertz CT molecular complexity index is 458. The molecule has 1 amide bonds. The van der Waals surface area contributed by atoms with Gasteiger partial charge in [0, 0.05) is 39.1 Å². The molecule has 1 atom stereocenters. The first-order valence-corrected chi connectivity index (χ1v) is 6.80. The second-order valence-electron chi connectivity index (χ2n) is 5.40. The van der Waals surface area contributed by atoms with E-state index in [1.807, 2.05) is 4.90 Å². The van der Waals surface area contributed by atoms with Gasteiger partial charge in [0.1, 0.15) is 0 Å². The van der Waals surface area contributed by atoms with E-state index in [1.165, 1.54) is 11.1 Å². The van der Waals surface area contributed by atoms with Crippen LogP contribution in [-0.2, 0) is 17.8 Å². The molecule has 0 N–H and O–H groups in total. The van der Waals surface area contributed by atoms with E-state index in [2.05, 4.69) is 29.2 Å². The molecule has 0 radical (unpaired) electrons. The third-order valence-electron chi connectivity index (χ3n) is 4.29. The van der Waals surface area contributed by atoms with Gasteiger partial charge in [0.25, 0.3) is 0 Å². The minimum atomic E-state index is 0.218. The third-order valence-corrected chi connectivity index (χ3v) is 4.29. The minimum absolute atomic E-state index is 0.218. The highest BCUT2D eigenvalue weighted by molar-refractivity contribution is 5.73. The number of fused-ring (bicyclic) bond motifs is 1. The summed E-state index contributed by atoms with van der Waals surface area (Å²) in [6, 6.07) is 9.28. The molecule has 96 valence electrons. The van der Waals surface area contributed by atoms with Crippen molar-refractivity contribution < 1.29 is 4.79 Å². The highest BCUT2D eigenvalue weighted by atomic mass is 16.2. The summed E-state index contributed by atoms with van der Waals surface area (Å²) >= 11 is 0. The van der Waals surface area contributed by atoms with Gasteiger partial charge in [-0.3, -0.25) is 9.69 Å². The summed E-state index contributed by atoms with van der Waals surface area (Å²) in [5.41, 5.74) is 2.96. The van der Waals surface area contributed by atoms with Crippen molar-refractivity contribution in [1.82, 2.24) is 9.80 Å². The van der Waals surface area contributed by atoms with Gasteiger partial charge in [0.05, 0.1) is 0 Å². The summed E-state index contributed by atoms with van der Waals surface area (Å²) in [6.45, 7) is 5.70. The fraction of sp³-hybridized carbons (Fsp3) is 0.533. The Kier molecular flexibility index (Phi) is 3.08. The molecule has 2 aliphatic heterocycles. The summed E-state index contributed by atoms with van der Waals surface area (Å²) in [6.07, 6.45) is 2.27. The van der Waals surface area contributed by atoms with Crippen LogP contribution in [0.4, 0.5) is 0 Å². The summed E-state index contributed by atoms with van der Waals surface area (Å²) in [5.74, 6) is 0.218. The van der Waals surface area contributed by atoms with E-state index in [4.69, 9.17) is 0 Å². The van der Waals surface area contributed by atoms with Gasteiger partial charge in [0.15, 0.2) is 0 Å². The van der Waals surface area contributed by atoms with E-state index in [-0.39, 0.29) is 5.91 Å². The van der Waals surface area contributed by atoms with E-state index in [0.29, 0.717) is 6.04 Å². The summed E-state index contributed by atoms with van der Waals surface area (Å²) in [4.78, 5) is 15.9. The van der Waals surface area contributed by atoms with E-state index in [0.717, 1.165) is 39.0 Å². The number of hydrogen-bond acceptors (Lipinski definition) is 2. The van der Waals surface area contributed by atoms with Crippen LogP contribution in [0.3, 0.4) is 0 Å². The molecule has 1 aromatic rings. The molecule has 0 aliphatic carbocycles. The van der Waals surface area contributed by atoms with E-state index in [1.54, 1.807) is 6.92 Å². The Morgan fingerprint density at radius 1 is 1.22 bits per heavy atom. The molecular formula is C15H20N2O. The van der Waals surface area contributed by atoms with Gasteiger partial charge >= 0.3 is 0 Å². The largest absolute Gasteiger partial charge is 0.341 e. The second-order valence-corrected chi connectivity index (χ2v) is 5.40. The average molecular weight is 244 g/mol. The molecule has 1 unspecified atom stereocenters. The smallest absolute Gasteiger partial charge is 0.219 e. The monoisotopic (exact) mass is 244 g/mol. The van der Waals surface area contributed by atoms with E-state index >= 15 is 0 Å². The average Bonchev–Trinajstić information content (AvgIpc) is 2.88. The number of likely N-dealkylation sites (tertiary alicyclic amines) is 1. The molecule has 1 saturated heterocycles. The lowest BCUT2D eigenvalue weighted by Crippen LogP contribution is -2.41. The fourth-order valence-electron chi connectivity index (χ4n) is 3.16. The molecule has 1 fully saturated rings.